The molecule has 2 aromatic heterocycles. The molecular weight excluding hydrogens is 418 g/mol. The van der Waals surface area contributed by atoms with E-state index in [4.69, 9.17) is 4.74 Å². The van der Waals surface area contributed by atoms with E-state index in [9.17, 15) is 9.59 Å². The van der Waals surface area contributed by atoms with E-state index in [1.807, 2.05) is 68.4 Å². The molecule has 0 aliphatic heterocycles. The smallest absolute Gasteiger partial charge is 0.278 e. The van der Waals surface area contributed by atoms with Crippen LogP contribution in [-0.2, 0) is 11.3 Å². The van der Waals surface area contributed by atoms with Gasteiger partial charge in [-0.25, -0.2) is 9.36 Å². The van der Waals surface area contributed by atoms with Gasteiger partial charge in [0.1, 0.15) is 17.3 Å². The summed E-state index contributed by atoms with van der Waals surface area (Å²) in [5.41, 5.74) is 3.31. The van der Waals surface area contributed by atoms with Gasteiger partial charge >= 0.3 is 0 Å². The molecule has 0 spiro atoms. The minimum absolute atomic E-state index is 0.262. The zero-order valence-corrected chi connectivity index (χ0v) is 19.2. The van der Waals surface area contributed by atoms with Crippen molar-refractivity contribution in [1.29, 1.82) is 0 Å². The average molecular weight is 446 g/mol. The summed E-state index contributed by atoms with van der Waals surface area (Å²) in [6.07, 6.45) is 0.424. The first-order valence-electron chi connectivity index (χ1n) is 10.9. The number of nitrogens with zero attached hydrogens (tertiary/aromatic N) is 4. The van der Waals surface area contributed by atoms with Crippen molar-refractivity contribution in [2.24, 2.45) is 0 Å². The third-order valence-corrected chi connectivity index (χ3v) is 5.72. The van der Waals surface area contributed by atoms with Crippen LogP contribution in [-0.4, -0.2) is 32.6 Å². The van der Waals surface area contributed by atoms with Crippen molar-refractivity contribution in [3.05, 3.63) is 81.9 Å². The molecule has 0 radical (unpaired) electrons. The number of aromatic nitrogens is 4. The van der Waals surface area contributed by atoms with Gasteiger partial charge in [-0.3, -0.25) is 9.59 Å². The molecule has 0 saturated heterocycles. The molecule has 2 heterocycles. The molecule has 0 bridgehead atoms. The van der Waals surface area contributed by atoms with Crippen molar-refractivity contribution in [2.75, 3.05) is 7.11 Å². The molecule has 0 aliphatic rings. The number of ether oxygens (including phenoxy) is 1. The van der Waals surface area contributed by atoms with Crippen LogP contribution in [0, 0.1) is 13.8 Å². The predicted octanol–water partition coefficient (Wildman–Crippen LogP) is 3.48. The van der Waals surface area contributed by atoms with Gasteiger partial charge in [0, 0.05) is 6.54 Å². The molecule has 1 N–H and O–H groups in total. The molecule has 1 unspecified atom stereocenters. The summed E-state index contributed by atoms with van der Waals surface area (Å²) in [6, 6.07) is 16.4. The topological polar surface area (TPSA) is 91.0 Å². The average Bonchev–Trinajstić information content (AvgIpc) is 3.20. The molecule has 2 aromatic carbocycles. The minimum atomic E-state index is -0.731. The highest BCUT2D eigenvalue weighted by atomic mass is 16.5. The summed E-state index contributed by atoms with van der Waals surface area (Å²) in [5, 5.41) is 12.5. The molecule has 1 atom stereocenters. The van der Waals surface area contributed by atoms with E-state index in [1.165, 1.54) is 4.68 Å². The lowest BCUT2D eigenvalue weighted by Gasteiger charge is -2.17. The van der Waals surface area contributed by atoms with Crippen LogP contribution < -0.4 is 15.6 Å². The summed E-state index contributed by atoms with van der Waals surface area (Å²) < 4.78 is 8.28. The number of methoxy groups -OCH3 is 1. The second-order valence-corrected chi connectivity index (χ2v) is 7.88. The van der Waals surface area contributed by atoms with Gasteiger partial charge in [0.15, 0.2) is 0 Å². The van der Waals surface area contributed by atoms with Crippen molar-refractivity contribution >= 4 is 16.8 Å². The van der Waals surface area contributed by atoms with Gasteiger partial charge in [0.2, 0.25) is 5.91 Å². The molecule has 8 heteroatoms. The van der Waals surface area contributed by atoms with E-state index in [-0.39, 0.29) is 11.5 Å². The second-order valence-electron chi connectivity index (χ2n) is 7.88. The Morgan fingerprint density at radius 3 is 2.55 bits per heavy atom. The van der Waals surface area contributed by atoms with Crippen molar-refractivity contribution in [2.45, 2.75) is 39.8 Å². The highest BCUT2D eigenvalue weighted by Gasteiger charge is 2.25. The standard InChI is InChI=1S/C25H27N5O3/c1-5-21(24(31)26-15-18-10-9-13-20(14-18)33-4)30-25(32)22-17(3)29(19-11-7-6-8-12-19)28-23(22)16(2)27-30/h6-14,21H,5,15H2,1-4H3,(H,26,31). The van der Waals surface area contributed by atoms with Crippen molar-refractivity contribution in [3.8, 4) is 11.4 Å². The van der Waals surface area contributed by atoms with E-state index >= 15 is 0 Å². The number of nitrogens with one attached hydrogen (secondary N) is 1. The first kappa shape index (κ1) is 22.3. The maximum absolute atomic E-state index is 13.5. The number of carbonyl (C=O) groups excluding carboxylic acids is 1. The lowest BCUT2D eigenvalue weighted by atomic mass is 10.1. The van der Waals surface area contributed by atoms with Crippen LogP contribution in [0.25, 0.3) is 16.6 Å². The molecule has 0 aliphatic carbocycles. The Balaban J connectivity index is 1.68. The van der Waals surface area contributed by atoms with E-state index in [0.29, 0.717) is 35.3 Å². The highest BCUT2D eigenvalue weighted by molar-refractivity contribution is 5.84. The number of carbonyl (C=O) groups is 1. The Labute approximate surface area is 191 Å². The molecule has 8 nitrogen and oxygen atoms in total. The van der Waals surface area contributed by atoms with E-state index in [0.717, 1.165) is 17.0 Å². The third-order valence-electron chi connectivity index (χ3n) is 5.72. The zero-order valence-electron chi connectivity index (χ0n) is 19.2. The summed E-state index contributed by atoms with van der Waals surface area (Å²) in [4.78, 5) is 26.5. The monoisotopic (exact) mass is 445 g/mol. The zero-order chi connectivity index (χ0) is 23.5. The molecule has 1 amide bonds. The molecule has 4 aromatic rings. The molecule has 0 saturated carbocycles. The lowest BCUT2D eigenvalue weighted by Crippen LogP contribution is -2.38. The van der Waals surface area contributed by atoms with Gasteiger partial charge in [-0.15, -0.1) is 0 Å². The number of para-hydroxylation sites is 1. The predicted molar refractivity (Wildman–Crippen MR) is 127 cm³/mol. The van der Waals surface area contributed by atoms with Crippen LogP contribution in [0.2, 0.25) is 0 Å². The Hall–Kier alpha value is -3.94. The van der Waals surface area contributed by atoms with Crippen LogP contribution in [0.4, 0.5) is 0 Å². The lowest BCUT2D eigenvalue weighted by molar-refractivity contribution is -0.125. The summed E-state index contributed by atoms with van der Waals surface area (Å²) in [5.74, 6) is 0.459. The highest BCUT2D eigenvalue weighted by Crippen LogP contribution is 2.21. The fraction of sp³-hybridized carbons (Fsp3) is 0.280. The maximum Gasteiger partial charge on any atom is 0.278 e. The van der Waals surface area contributed by atoms with Crippen molar-refractivity contribution < 1.29 is 9.53 Å². The summed E-state index contributed by atoms with van der Waals surface area (Å²) in [6.45, 7) is 5.86. The van der Waals surface area contributed by atoms with E-state index in [1.54, 1.807) is 18.7 Å². The van der Waals surface area contributed by atoms with Crippen LogP contribution in [0.5, 0.6) is 5.75 Å². The fourth-order valence-electron chi connectivity index (χ4n) is 3.97. The Morgan fingerprint density at radius 1 is 1.09 bits per heavy atom. The van der Waals surface area contributed by atoms with E-state index in [2.05, 4.69) is 15.5 Å². The normalized spacial score (nSPS) is 12.0. The largest absolute Gasteiger partial charge is 0.497 e. The number of amides is 1. The van der Waals surface area contributed by atoms with Gasteiger partial charge in [-0.1, -0.05) is 37.3 Å². The number of aryl methyl sites for hydroxylation is 2. The summed E-state index contributed by atoms with van der Waals surface area (Å²) in [7, 11) is 1.60. The number of hydrogen-bond acceptors (Lipinski definition) is 5. The van der Waals surface area contributed by atoms with Crippen molar-refractivity contribution in [3.63, 3.8) is 0 Å². The van der Waals surface area contributed by atoms with Gasteiger partial charge in [-0.2, -0.15) is 10.2 Å². The first-order chi connectivity index (χ1) is 15.9. The first-order valence-corrected chi connectivity index (χ1v) is 10.9. The van der Waals surface area contributed by atoms with Crippen LogP contribution in [0.15, 0.2) is 59.4 Å². The SMILES string of the molecule is CCC(C(=O)NCc1cccc(OC)c1)n1nc(C)c2nn(-c3ccccc3)c(C)c2c1=O. The number of hydrogen-bond donors (Lipinski definition) is 1. The molecule has 4 rings (SSSR count). The Kier molecular flexibility index (Phi) is 6.26. The van der Waals surface area contributed by atoms with Crippen LogP contribution in [0.1, 0.15) is 36.3 Å². The van der Waals surface area contributed by atoms with Crippen LogP contribution in [0.3, 0.4) is 0 Å². The van der Waals surface area contributed by atoms with E-state index < -0.39 is 6.04 Å². The maximum atomic E-state index is 13.5. The number of benzene rings is 2. The minimum Gasteiger partial charge on any atom is -0.497 e. The van der Waals surface area contributed by atoms with Gasteiger partial charge in [-0.05, 0) is 50.1 Å². The number of fused-ring (bicyclic) bond motifs is 1. The molecule has 170 valence electrons. The van der Waals surface area contributed by atoms with Crippen molar-refractivity contribution in [1.82, 2.24) is 24.9 Å². The number of rotatable bonds is 7. The Bertz CT molecular complexity index is 1360. The molecular formula is C25H27N5O3. The second kappa shape index (κ2) is 9.28. The quantitative estimate of drug-likeness (QED) is 0.470. The summed E-state index contributed by atoms with van der Waals surface area (Å²) >= 11 is 0. The van der Waals surface area contributed by atoms with Gasteiger partial charge in [0.25, 0.3) is 5.56 Å². The van der Waals surface area contributed by atoms with Gasteiger partial charge < -0.3 is 10.1 Å². The molecule has 0 fully saturated rings. The molecule has 33 heavy (non-hydrogen) atoms. The van der Waals surface area contributed by atoms with Crippen LogP contribution >= 0.6 is 0 Å². The van der Waals surface area contributed by atoms with Gasteiger partial charge in [0.05, 0.1) is 29.6 Å². The Morgan fingerprint density at radius 2 is 1.85 bits per heavy atom. The third kappa shape index (κ3) is 4.24. The fourth-order valence-corrected chi connectivity index (χ4v) is 3.97.